The molecule has 3 rings (SSSR count). The second-order valence-corrected chi connectivity index (χ2v) is 5.22. The molecule has 1 heterocycles. The van der Waals surface area contributed by atoms with Gasteiger partial charge in [0.1, 0.15) is 5.52 Å². The van der Waals surface area contributed by atoms with Gasteiger partial charge in [-0.3, -0.25) is 0 Å². The van der Waals surface area contributed by atoms with Crippen LogP contribution in [0.4, 0.5) is 0 Å². The van der Waals surface area contributed by atoms with Crippen LogP contribution in [0.15, 0.2) is 22.6 Å². The van der Waals surface area contributed by atoms with Crippen molar-refractivity contribution in [1.82, 2.24) is 10.3 Å². The third kappa shape index (κ3) is 2.56. The molecule has 1 aliphatic rings. The number of oxazole rings is 1. The minimum Gasteiger partial charge on any atom is -0.441 e. The van der Waals surface area contributed by atoms with Crippen LogP contribution in [0.2, 0.25) is 0 Å². The highest BCUT2D eigenvalue weighted by Gasteiger charge is 2.13. The summed E-state index contributed by atoms with van der Waals surface area (Å²) < 4.78 is 5.48. The molecule has 0 saturated heterocycles. The number of rotatable bonds is 4. The van der Waals surface area contributed by atoms with Crippen LogP contribution in [0, 0.1) is 6.92 Å². The second kappa shape index (κ2) is 5.11. The maximum Gasteiger partial charge on any atom is 0.192 e. The fourth-order valence-electron chi connectivity index (χ4n) is 2.79. The number of nitrogens with one attached hydrogen (secondary N) is 1. The van der Waals surface area contributed by atoms with E-state index in [4.69, 9.17) is 4.42 Å². The van der Waals surface area contributed by atoms with Gasteiger partial charge in [0.2, 0.25) is 0 Å². The zero-order valence-electron chi connectivity index (χ0n) is 10.9. The van der Waals surface area contributed by atoms with E-state index in [2.05, 4.69) is 22.4 Å². The average molecular weight is 244 g/mol. The fraction of sp³-hybridized carbons (Fsp3) is 0.533. The molecule has 1 aliphatic carbocycles. The Labute approximate surface area is 108 Å². The molecule has 3 heteroatoms. The van der Waals surface area contributed by atoms with Crippen molar-refractivity contribution in [2.75, 3.05) is 6.54 Å². The molecular formula is C15H20N2O. The lowest BCUT2D eigenvalue weighted by atomic mass is 10.1. The first-order chi connectivity index (χ1) is 8.81. The maximum atomic E-state index is 5.48. The van der Waals surface area contributed by atoms with Crippen molar-refractivity contribution in [3.63, 3.8) is 0 Å². The molecule has 0 amide bonds. The number of fused-ring (bicyclic) bond motifs is 1. The van der Waals surface area contributed by atoms with E-state index in [1.807, 2.05) is 13.0 Å². The monoisotopic (exact) mass is 244 g/mol. The van der Waals surface area contributed by atoms with Crippen molar-refractivity contribution in [3.05, 3.63) is 29.7 Å². The lowest BCUT2D eigenvalue weighted by molar-refractivity contribution is 0.528. The normalized spacial score (nSPS) is 16.7. The molecule has 0 radical (unpaired) electrons. The standard InChI is InChI=1S/C15H20N2O/c1-11-17-14-10-12(6-7-15(14)18-11)8-9-16-13-4-2-3-5-13/h6-7,10,13,16H,2-5,8-9H2,1H3. The van der Waals surface area contributed by atoms with E-state index in [1.54, 1.807) is 0 Å². The summed E-state index contributed by atoms with van der Waals surface area (Å²) in [7, 11) is 0. The SMILES string of the molecule is Cc1nc2cc(CCNC3CCCC3)ccc2o1. The van der Waals surface area contributed by atoms with Gasteiger partial charge in [-0.2, -0.15) is 0 Å². The Kier molecular flexibility index (Phi) is 3.33. The molecule has 1 fully saturated rings. The van der Waals surface area contributed by atoms with E-state index in [0.717, 1.165) is 36.0 Å². The van der Waals surface area contributed by atoms with Crippen molar-refractivity contribution in [3.8, 4) is 0 Å². The predicted molar refractivity (Wildman–Crippen MR) is 72.7 cm³/mol. The van der Waals surface area contributed by atoms with Gasteiger partial charge >= 0.3 is 0 Å². The van der Waals surface area contributed by atoms with Crippen LogP contribution in [-0.2, 0) is 6.42 Å². The van der Waals surface area contributed by atoms with Crippen LogP contribution in [0.25, 0.3) is 11.1 Å². The van der Waals surface area contributed by atoms with Gasteiger partial charge < -0.3 is 9.73 Å². The third-order valence-electron chi connectivity index (χ3n) is 3.76. The number of aromatic nitrogens is 1. The first-order valence-corrected chi connectivity index (χ1v) is 6.91. The number of hydrogen-bond donors (Lipinski definition) is 1. The summed E-state index contributed by atoms with van der Waals surface area (Å²) in [5.74, 6) is 0.742. The van der Waals surface area contributed by atoms with E-state index < -0.39 is 0 Å². The van der Waals surface area contributed by atoms with Crippen molar-refractivity contribution >= 4 is 11.1 Å². The van der Waals surface area contributed by atoms with Crippen LogP contribution in [0.1, 0.15) is 37.1 Å². The zero-order valence-corrected chi connectivity index (χ0v) is 10.9. The lowest BCUT2D eigenvalue weighted by Crippen LogP contribution is -2.27. The van der Waals surface area contributed by atoms with Gasteiger partial charge in [-0.05, 0) is 43.5 Å². The molecule has 2 aromatic rings. The molecular weight excluding hydrogens is 224 g/mol. The van der Waals surface area contributed by atoms with Crippen LogP contribution >= 0.6 is 0 Å². The summed E-state index contributed by atoms with van der Waals surface area (Å²) in [5, 5.41) is 3.64. The molecule has 1 aromatic carbocycles. The highest BCUT2D eigenvalue weighted by atomic mass is 16.3. The van der Waals surface area contributed by atoms with Gasteiger partial charge in [0.05, 0.1) is 0 Å². The van der Waals surface area contributed by atoms with Gasteiger partial charge in [-0.15, -0.1) is 0 Å². The molecule has 1 aromatic heterocycles. The minimum atomic E-state index is 0.742. The molecule has 1 saturated carbocycles. The quantitative estimate of drug-likeness (QED) is 0.897. The first-order valence-electron chi connectivity index (χ1n) is 6.91. The number of benzene rings is 1. The molecule has 3 nitrogen and oxygen atoms in total. The summed E-state index contributed by atoms with van der Waals surface area (Å²) in [4.78, 5) is 4.37. The Morgan fingerprint density at radius 3 is 3.00 bits per heavy atom. The van der Waals surface area contributed by atoms with Crippen molar-refractivity contribution in [1.29, 1.82) is 0 Å². The first kappa shape index (κ1) is 11.7. The number of hydrogen-bond acceptors (Lipinski definition) is 3. The third-order valence-corrected chi connectivity index (χ3v) is 3.76. The van der Waals surface area contributed by atoms with Gasteiger partial charge in [-0.25, -0.2) is 4.98 Å². The van der Waals surface area contributed by atoms with Crippen LogP contribution in [-0.4, -0.2) is 17.6 Å². The molecule has 0 aliphatic heterocycles. The van der Waals surface area contributed by atoms with Crippen molar-refractivity contribution < 1.29 is 4.42 Å². The maximum absolute atomic E-state index is 5.48. The largest absolute Gasteiger partial charge is 0.441 e. The Bertz CT molecular complexity index is 526. The summed E-state index contributed by atoms with van der Waals surface area (Å²) in [6.07, 6.45) is 6.55. The summed E-state index contributed by atoms with van der Waals surface area (Å²) in [6, 6.07) is 7.06. The molecule has 1 N–H and O–H groups in total. The van der Waals surface area contributed by atoms with Gasteiger partial charge in [-0.1, -0.05) is 18.9 Å². The van der Waals surface area contributed by atoms with Crippen LogP contribution in [0.3, 0.4) is 0 Å². The molecule has 0 unspecified atom stereocenters. The van der Waals surface area contributed by atoms with E-state index in [9.17, 15) is 0 Å². The van der Waals surface area contributed by atoms with Gasteiger partial charge in [0.15, 0.2) is 11.5 Å². The molecule has 18 heavy (non-hydrogen) atoms. The van der Waals surface area contributed by atoms with E-state index in [0.29, 0.717) is 0 Å². The number of nitrogens with zero attached hydrogens (tertiary/aromatic N) is 1. The van der Waals surface area contributed by atoms with Crippen LogP contribution < -0.4 is 5.32 Å². The van der Waals surface area contributed by atoms with Gasteiger partial charge in [0.25, 0.3) is 0 Å². The van der Waals surface area contributed by atoms with Crippen molar-refractivity contribution in [2.24, 2.45) is 0 Å². The smallest absolute Gasteiger partial charge is 0.192 e. The average Bonchev–Trinajstić information content (AvgIpc) is 2.96. The Morgan fingerprint density at radius 2 is 2.17 bits per heavy atom. The molecule has 0 atom stereocenters. The topological polar surface area (TPSA) is 38.1 Å². The highest BCUT2D eigenvalue weighted by Crippen LogP contribution is 2.19. The van der Waals surface area contributed by atoms with E-state index >= 15 is 0 Å². The summed E-state index contributed by atoms with van der Waals surface area (Å²) in [5.41, 5.74) is 3.20. The minimum absolute atomic E-state index is 0.742. The lowest BCUT2D eigenvalue weighted by Gasteiger charge is -2.11. The fourth-order valence-corrected chi connectivity index (χ4v) is 2.79. The zero-order chi connectivity index (χ0) is 12.4. The summed E-state index contributed by atoms with van der Waals surface area (Å²) in [6.45, 7) is 2.95. The molecule has 0 bridgehead atoms. The van der Waals surface area contributed by atoms with E-state index in [1.165, 1.54) is 31.2 Å². The Hall–Kier alpha value is -1.35. The second-order valence-electron chi connectivity index (χ2n) is 5.22. The molecule has 0 spiro atoms. The summed E-state index contributed by atoms with van der Waals surface area (Å²) >= 11 is 0. The van der Waals surface area contributed by atoms with Gasteiger partial charge in [0, 0.05) is 13.0 Å². The Morgan fingerprint density at radius 1 is 1.33 bits per heavy atom. The number of aryl methyl sites for hydroxylation is 1. The van der Waals surface area contributed by atoms with E-state index in [-0.39, 0.29) is 0 Å². The molecule has 96 valence electrons. The predicted octanol–water partition coefficient (Wildman–Crippen LogP) is 3.21. The highest BCUT2D eigenvalue weighted by molar-refractivity contribution is 5.73. The van der Waals surface area contributed by atoms with Crippen LogP contribution in [0.5, 0.6) is 0 Å². The van der Waals surface area contributed by atoms with Crippen molar-refractivity contribution in [2.45, 2.75) is 45.1 Å². The Balaban J connectivity index is 1.59.